The number of fused-ring (bicyclic) bond motifs is 1. The second kappa shape index (κ2) is 11.6. The number of piperidine rings is 1. The third-order valence-electron chi connectivity index (χ3n) is 6.94. The fourth-order valence-corrected chi connectivity index (χ4v) is 7.64. The number of thiazole rings is 1. The fraction of sp³-hybridized carbons (Fsp3) is 0.481. The van der Waals surface area contributed by atoms with E-state index in [0.29, 0.717) is 53.4 Å². The van der Waals surface area contributed by atoms with Gasteiger partial charge in [0.2, 0.25) is 10.0 Å². The lowest BCUT2D eigenvalue weighted by molar-refractivity contribution is 0.0983. The number of nitrogens with zero attached hydrogens (tertiary/aromatic N) is 4. The van der Waals surface area contributed by atoms with Crippen molar-refractivity contribution in [2.24, 2.45) is 11.8 Å². The zero-order chi connectivity index (χ0) is 26.7. The predicted octanol–water partition coefficient (Wildman–Crippen LogP) is 5.09. The molecule has 2 heterocycles. The zero-order valence-corrected chi connectivity index (χ0v) is 23.5. The van der Waals surface area contributed by atoms with Crippen molar-refractivity contribution in [3.05, 3.63) is 53.8 Å². The Kier molecular flexibility index (Phi) is 8.63. The van der Waals surface area contributed by atoms with E-state index in [1.54, 1.807) is 33.5 Å². The monoisotopic (exact) mass is 546 g/mol. The Balaban J connectivity index is 1.62. The standard InChI is InChI=1S/C27H35FN4O3S2/c1-5-30(6-2)14-15-32(27-29-25-23(28)8-7-9-24(25)36-27)26(33)21-10-12-22(13-11-21)37(34,35)31-17-19(3)16-20(4)18-31/h7-13,19-20H,5-6,14-18H2,1-4H3. The molecule has 0 bridgehead atoms. The number of benzene rings is 2. The highest BCUT2D eigenvalue weighted by atomic mass is 32.2. The van der Waals surface area contributed by atoms with Gasteiger partial charge in [-0.25, -0.2) is 17.8 Å². The number of hydrogen-bond acceptors (Lipinski definition) is 6. The van der Waals surface area contributed by atoms with Gasteiger partial charge in [-0.15, -0.1) is 0 Å². The number of aromatic nitrogens is 1. The summed E-state index contributed by atoms with van der Waals surface area (Å²) in [7, 11) is -3.64. The lowest BCUT2D eigenvalue weighted by Gasteiger charge is -2.34. The first-order valence-corrected chi connectivity index (χ1v) is 15.1. The van der Waals surface area contributed by atoms with E-state index in [1.165, 1.54) is 29.5 Å². The van der Waals surface area contributed by atoms with Crippen molar-refractivity contribution < 1.29 is 17.6 Å². The van der Waals surface area contributed by atoms with Crippen LogP contribution in [0.4, 0.5) is 9.52 Å². The maximum absolute atomic E-state index is 14.3. The number of anilines is 1. The molecule has 1 aromatic heterocycles. The Bertz CT molecular complexity index is 1330. The summed E-state index contributed by atoms with van der Waals surface area (Å²) in [5, 5.41) is 0.422. The van der Waals surface area contributed by atoms with Crippen LogP contribution in [0.5, 0.6) is 0 Å². The molecule has 1 fully saturated rings. The average Bonchev–Trinajstić information content (AvgIpc) is 3.31. The second-order valence-electron chi connectivity index (χ2n) is 9.86. The van der Waals surface area contributed by atoms with Crippen LogP contribution in [0.15, 0.2) is 47.4 Å². The highest BCUT2D eigenvalue weighted by molar-refractivity contribution is 7.89. The molecule has 3 aromatic rings. The number of hydrogen-bond donors (Lipinski definition) is 0. The number of para-hydroxylation sites is 1. The largest absolute Gasteiger partial charge is 0.302 e. The summed E-state index contributed by atoms with van der Waals surface area (Å²) in [4.78, 5) is 22.1. The maximum Gasteiger partial charge on any atom is 0.260 e. The van der Waals surface area contributed by atoms with E-state index >= 15 is 0 Å². The highest BCUT2D eigenvalue weighted by Crippen LogP contribution is 2.32. The Morgan fingerprint density at radius 3 is 2.30 bits per heavy atom. The first kappa shape index (κ1) is 27.6. The zero-order valence-electron chi connectivity index (χ0n) is 21.9. The van der Waals surface area contributed by atoms with Crippen molar-refractivity contribution in [2.75, 3.05) is 44.2 Å². The van der Waals surface area contributed by atoms with Gasteiger partial charge in [-0.2, -0.15) is 4.31 Å². The molecule has 0 saturated carbocycles. The van der Waals surface area contributed by atoms with E-state index in [-0.39, 0.29) is 16.3 Å². The van der Waals surface area contributed by atoms with Crippen LogP contribution in [0.2, 0.25) is 0 Å². The van der Waals surface area contributed by atoms with Crippen LogP contribution < -0.4 is 4.90 Å². The number of rotatable bonds is 9. The van der Waals surface area contributed by atoms with E-state index in [0.717, 1.165) is 19.5 Å². The highest BCUT2D eigenvalue weighted by Gasteiger charge is 2.32. The van der Waals surface area contributed by atoms with E-state index in [1.807, 2.05) is 0 Å². The number of likely N-dealkylation sites (N-methyl/N-ethyl adjacent to an activating group) is 1. The van der Waals surface area contributed by atoms with Crippen molar-refractivity contribution in [1.82, 2.24) is 14.2 Å². The van der Waals surface area contributed by atoms with Gasteiger partial charge in [0.05, 0.1) is 9.60 Å². The maximum atomic E-state index is 14.3. The third-order valence-corrected chi connectivity index (χ3v) is 9.83. The summed E-state index contributed by atoms with van der Waals surface area (Å²) in [5.74, 6) is -0.113. The Labute approximate surface area is 223 Å². The smallest absolute Gasteiger partial charge is 0.260 e. The molecule has 10 heteroatoms. The minimum Gasteiger partial charge on any atom is -0.302 e. The normalized spacial score (nSPS) is 19.0. The van der Waals surface area contributed by atoms with E-state index < -0.39 is 15.8 Å². The van der Waals surface area contributed by atoms with Crippen molar-refractivity contribution in [3.63, 3.8) is 0 Å². The van der Waals surface area contributed by atoms with Crippen molar-refractivity contribution in [3.8, 4) is 0 Å². The van der Waals surface area contributed by atoms with Gasteiger partial charge >= 0.3 is 0 Å². The molecule has 200 valence electrons. The van der Waals surface area contributed by atoms with Crippen LogP contribution in [0.1, 0.15) is 44.5 Å². The van der Waals surface area contributed by atoms with Crippen molar-refractivity contribution in [1.29, 1.82) is 0 Å². The van der Waals surface area contributed by atoms with E-state index in [2.05, 4.69) is 37.6 Å². The number of halogens is 1. The number of carbonyl (C=O) groups excluding carboxylic acids is 1. The number of amides is 1. The minimum absolute atomic E-state index is 0.182. The van der Waals surface area contributed by atoms with Gasteiger partial charge < -0.3 is 4.90 Å². The molecular weight excluding hydrogens is 511 g/mol. The SMILES string of the molecule is CCN(CC)CCN(C(=O)c1ccc(S(=O)(=O)N2CC(C)CC(C)C2)cc1)c1nc2c(F)cccc2s1. The molecule has 0 radical (unpaired) electrons. The molecule has 2 aromatic carbocycles. The summed E-state index contributed by atoms with van der Waals surface area (Å²) in [5.41, 5.74) is 0.605. The quantitative estimate of drug-likeness (QED) is 0.374. The van der Waals surface area contributed by atoms with Crippen LogP contribution in [0.3, 0.4) is 0 Å². The summed E-state index contributed by atoms with van der Waals surface area (Å²) in [6, 6.07) is 10.9. The van der Waals surface area contributed by atoms with Gasteiger partial charge in [0.1, 0.15) is 11.3 Å². The summed E-state index contributed by atoms with van der Waals surface area (Å²) >= 11 is 1.27. The summed E-state index contributed by atoms with van der Waals surface area (Å²) in [6.45, 7) is 12.0. The number of sulfonamides is 1. The van der Waals surface area contributed by atoms with Gasteiger partial charge in [0, 0.05) is 31.7 Å². The van der Waals surface area contributed by atoms with E-state index in [4.69, 9.17) is 0 Å². The lowest BCUT2D eigenvalue weighted by Crippen LogP contribution is -2.42. The van der Waals surface area contributed by atoms with Gasteiger partial charge in [0.15, 0.2) is 5.13 Å². The fourth-order valence-electron chi connectivity index (χ4n) is 4.96. The molecule has 0 aliphatic carbocycles. The second-order valence-corrected chi connectivity index (χ2v) is 12.8. The molecular formula is C27H35FN4O3S2. The van der Waals surface area contributed by atoms with Crippen LogP contribution in [0, 0.1) is 17.7 Å². The molecule has 2 unspecified atom stereocenters. The molecule has 1 aliphatic heterocycles. The summed E-state index contributed by atoms with van der Waals surface area (Å²) < 4.78 is 43.1. The van der Waals surface area contributed by atoms with Crippen LogP contribution in [-0.4, -0.2) is 67.8 Å². The first-order valence-electron chi connectivity index (χ1n) is 12.8. The minimum atomic E-state index is -3.64. The lowest BCUT2D eigenvalue weighted by atomic mass is 9.94. The molecule has 1 amide bonds. The molecule has 37 heavy (non-hydrogen) atoms. The van der Waals surface area contributed by atoms with Gasteiger partial charge in [-0.05, 0) is 67.7 Å². The van der Waals surface area contributed by atoms with Gasteiger partial charge in [0.25, 0.3) is 5.91 Å². The predicted molar refractivity (Wildman–Crippen MR) is 147 cm³/mol. The molecule has 7 nitrogen and oxygen atoms in total. The summed E-state index contributed by atoms with van der Waals surface area (Å²) in [6.07, 6.45) is 1.01. The Morgan fingerprint density at radius 2 is 1.70 bits per heavy atom. The average molecular weight is 547 g/mol. The molecule has 1 saturated heterocycles. The van der Waals surface area contributed by atoms with E-state index in [9.17, 15) is 17.6 Å². The molecule has 1 aliphatic rings. The Morgan fingerprint density at radius 1 is 1.05 bits per heavy atom. The van der Waals surface area contributed by atoms with Gasteiger partial charge in [-0.1, -0.05) is 45.1 Å². The van der Waals surface area contributed by atoms with Gasteiger partial charge in [-0.3, -0.25) is 9.69 Å². The first-order chi connectivity index (χ1) is 17.6. The van der Waals surface area contributed by atoms with Crippen molar-refractivity contribution >= 4 is 42.6 Å². The molecule has 0 spiro atoms. The molecule has 0 N–H and O–H groups in total. The topological polar surface area (TPSA) is 73.8 Å². The number of carbonyl (C=O) groups is 1. The van der Waals surface area contributed by atoms with Crippen LogP contribution in [0.25, 0.3) is 10.2 Å². The van der Waals surface area contributed by atoms with Crippen molar-refractivity contribution in [2.45, 2.75) is 39.0 Å². The van der Waals surface area contributed by atoms with Crippen LogP contribution in [-0.2, 0) is 10.0 Å². The molecule has 2 atom stereocenters. The Hall–Kier alpha value is -2.40. The molecule has 4 rings (SSSR count). The van der Waals surface area contributed by atoms with Crippen LogP contribution >= 0.6 is 11.3 Å². The third kappa shape index (κ3) is 6.03.